The Kier molecular flexibility index (Phi) is 5.27. The number of aromatic nitrogens is 1. The van der Waals surface area contributed by atoms with E-state index in [0.717, 1.165) is 68.8 Å². The van der Waals surface area contributed by atoms with Crippen LogP contribution in [-0.4, -0.2) is 65.4 Å². The maximum atomic E-state index is 14.3. The third kappa shape index (κ3) is 3.18. The average Bonchev–Trinajstić information content (AvgIpc) is 3.55. The molecular weight excluding hydrogens is 434 g/mol. The first-order valence-electron chi connectivity index (χ1n) is 12.2. The molecule has 0 aliphatic carbocycles. The molecule has 8 heteroatoms. The second kappa shape index (κ2) is 8.18. The molecule has 2 bridgehead atoms. The van der Waals surface area contributed by atoms with Crippen LogP contribution in [0.2, 0.25) is 0 Å². The molecule has 5 heterocycles. The molecule has 174 valence electrons. The lowest BCUT2D eigenvalue weighted by atomic mass is 9.78. The van der Waals surface area contributed by atoms with E-state index in [-0.39, 0.29) is 17.7 Å². The van der Waals surface area contributed by atoms with Crippen LogP contribution in [-0.2, 0) is 21.7 Å². The first-order valence-corrected chi connectivity index (χ1v) is 13.1. The lowest BCUT2D eigenvalue weighted by molar-refractivity contribution is -0.139. The number of carbonyl (C=O) groups is 2. The summed E-state index contributed by atoms with van der Waals surface area (Å²) in [6.45, 7) is 6.74. The van der Waals surface area contributed by atoms with Gasteiger partial charge in [0.05, 0.1) is 17.1 Å². The van der Waals surface area contributed by atoms with E-state index in [0.29, 0.717) is 19.1 Å². The van der Waals surface area contributed by atoms with Crippen LogP contribution in [0.15, 0.2) is 29.8 Å². The van der Waals surface area contributed by atoms with Gasteiger partial charge in [-0.3, -0.25) is 19.4 Å². The first-order chi connectivity index (χ1) is 16.1. The first kappa shape index (κ1) is 21.3. The predicted octanol–water partition coefficient (Wildman–Crippen LogP) is 2.50. The highest BCUT2D eigenvalue weighted by Crippen LogP contribution is 2.57. The van der Waals surface area contributed by atoms with Crippen molar-refractivity contribution in [3.8, 4) is 0 Å². The lowest BCUT2D eigenvalue weighted by Crippen LogP contribution is -2.57. The van der Waals surface area contributed by atoms with Crippen molar-refractivity contribution in [1.82, 2.24) is 20.1 Å². The molecule has 6 rings (SSSR count). The highest BCUT2D eigenvalue weighted by Gasteiger charge is 2.67. The zero-order valence-electron chi connectivity index (χ0n) is 19.1. The smallest absolute Gasteiger partial charge is 0.253 e. The SMILES string of the molecule is Cc1ncsc1CN1CCCNC(=O)[C@@H]2C[C@@H]3CCCN3[C@@]23C(=O)N(CC1)c1ccccc13. The van der Waals surface area contributed by atoms with Gasteiger partial charge in [0.25, 0.3) is 5.91 Å². The van der Waals surface area contributed by atoms with Gasteiger partial charge in [-0.2, -0.15) is 0 Å². The van der Waals surface area contributed by atoms with E-state index >= 15 is 0 Å². The lowest BCUT2D eigenvalue weighted by Gasteiger charge is -2.37. The minimum absolute atomic E-state index is 0.0415. The van der Waals surface area contributed by atoms with Crippen LogP contribution in [0.1, 0.15) is 41.8 Å². The Morgan fingerprint density at radius 2 is 2.03 bits per heavy atom. The van der Waals surface area contributed by atoms with Gasteiger partial charge in [0.2, 0.25) is 5.91 Å². The summed E-state index contributed by atoms with van der Waals surface area (Å²) in [5.74, 6) is -0.181. The summed E-state index contributed by atoms with van der Waals surface area (Å²) in [5, 5.41) is 3.21. The Bertz CT molecular complexity index is 1090. The van der Waals surface area contributed by atoms with Gasteiger partial charge in [0, 0.05) is 54.9 Å². The van der Waals surface area contributed by atoms with Gasteiger partial charge in [-0.05, 0) is 45.2 Å². The molecule has 4 aliphatic rings. The number of fused-ring (bicyclic) bond motifs is 4. The number of hydrogen-bond acceptors (Lipinski definition) is 6. The fraction of sp³-hybridized carbons (Fsp3) is 0.560. The third-order valence-corrected chi connectivity index (χ3v) is 9.06. The quantitative estimate of drug-likeness (QED) is 0.738. The molecule has 33 heavy (non-hydrogen) atoms. The van der Waals surface area contributed by atoms with E-state index in [2.05, 4.69) is 39.2 Å². The van der Waals surface area contributed by atoms with Crippen molar-refractivity contribution < 1.29 is 9.59 Å². The van der Waals surface area contributed by atoms with Crippen LogP contribution in [0.25, 0.3) is 0 Å². The highest BCUT2D eigenvalue weighted by molar-refractivity contribution is 7.09. The second-order valence-corrected chi connectivity index (χ2v) is 10.7. The molecule has 0 radical (unpaired) electrons. The molecule has 0 unspecified atom stereocenters. The molecule has 1 spiro atoms. The maximum absolute atomic E-state index is 14.3. The van der Waals surface area contributed by atoms with E-state index in [1.54, 1.807) is 11.3 Å². The largest absolute Gasteiger partial charge is 0.356 e. The van der Waals surface area contributed by atoms with Gasteiger partial charge in [0.15, 0.2) is 0 Å². The van der Waals surface area contributed by atoms with Gasteiger partial charge in [0.1, 0.15) is 5.54 Å². The van der Waals surface area contributed by atoms with Crippen LogP contribution >= 0.6 is 11.3 Å². The minimum Gasteiger partial charge on any atom is -0.356 e. The summed E-state index contributed by atoms with van der Waals surface area (Å²) in [6, 6.07) is 8.50. The van der Waals surface area contributed by atoms with Crippen molar-refractivity contribution in [2.24, 2.45) is 5.92 Å². The Hall–Kier alpha value is -2.29. The van der Waals surface area contributed by atoms with Crippen molar-refractivity contribution in [2.45, 2.75) is 50.7 Å². The number of nitrogens with zero attached hydrogens (tertiary/aromatic N) is 4. The summed E-state index contributed by atoms with van der Waals surface area (Å²) in [6.07, 6.45) is 3.84. The fourth-order valence-corrected chi connectivity index (χ4v) is 7.43. The number of hydrogen-bond donors (Lipinski definition) is 1. The number of nitrogens with one attached hydrogen (secondary N) is 1. The maximum Gasteiger partial charge on any atom is 0.253 e. The van der Waals surface area contributed by atoms with Crippen molar-refractivity contribution in [3.63, 3.8) is 0 Å². The molecule has 3 fully saturated rings. The zero-order valence-corrected chi connectivity index (χ0v) is 19.9. The standard InChI is InChI=1S/C25H31N5O2S/c1-17-22(33-16-27-17)15-28-10-5-9-26-23(31)20-14-18-6-4-11-30(18)25(20)19-7-2-3-8-21(19)29(13-12-28)24(25)32/h2-3,7-8,16,18,20H,4-6,9-15H2,1H3,(H,26,31)/t18-,20-,25+/m0/s1. The second-order valence-electron chi connectivity index (χ2n) is 9.80. The Labute approximate surface area is 198 Å². The van der Waals surface area contributed by atoms with E-state index in [4.69, 9.17) is 0 Å². The molecule has 2 aromatic rings. The van der Waals surface area contributed by atoms with E-state index in [1.807, 2.05) is 22.5 Å². The van der Waals surface area contributed by atoms with E-state index in [9.17, 15) is 9.59 Å². The normalized spacial score (nSPS) is 30.4. The fourth-order valence-electron chi connectivity index (χ4n) is 6.61. The summed E-state index contributed by atoms with van der Waals surface area (Å²) >= 11 is 1.69. The third-order valence-electron chi connectivity index (χ3n) is 8.14. The number of anilines is 1. The Balaban J connectivity index is 1.39. The molecule has 0 saturated carbocycles. The van der Waals surface area contributed by atoms with Crippen LogP contribution < -0.4 is 10.2 Å². The van der Waals surface area contributed by atoms with Crippen molar-refractivity contribution in [2.75, 3.05) is 37.6 Å². The zero-order chi connectivity index (χ0) is 22.6. The molecule has 3 atom stereocenters. The minimum atomic E-state index is -0.847. The van der Waals surface area contributed by atoms with Gasteiger partial charge >= 0.3 is 0 Å². The van der Waals surface area contributed by atoms with Crippen LogP contribution in [0.3, 0.4) is 0 Å². The molecule has 2 amide bonds. The summed E-state index contributed by atoms with van der Waals surface area (Å²) in [4.78, 5) is 40.3. The van der Waals surface area contributed by atoms with Crippen LogP contribution in [0.4, 0.5) is 5.69 Å². The number of thiazole rings is 1. The topological polar surface area (TPSA) is 68.8 Å². The number of amides is 2. The Morgan fingerprint density at radius 1 is 1.15 bits per heavy atom. The van der Waals surface area contributed by atoms with Crippen molar-refractivity contribution >= 4 is 28.8 Å². The van der Waals surface area contributed by atoms with Crippen LogP contribution in [0, 0.1) is 12.8 Å². The van der Waals surface area contributed by atoms with Gasteiger partial charge in [-0.15, -0.1) is 11.3 Å². The van der Waals surface area contributed by atoms with Crippen molar-refractivity contribution in [3.05, 3.63) is 45.9 Å². The number of benzene rings is 1. The summed E-state index contributed by atoms with van der Waals surface area (Å²) < 4.78 is 0. The molecule has 1 aromatic carbocycles. The van der Waals surface area contributed by atoms with E-state index < -0.39 is 5.54 Å². The molecule has 1 aromatic heterocycles. The van der Waals surface area contributed by atoms with Crippen molar-refractivity contribution in [1.29, 1.82) is 0 Å². The number of carbonyl (C=O) groups excluding carboxylic acids is 2. The molecular formula is C25H31N5O2S. The number of rotatable bonds is 2. The van der Waals surface area contributed by atoms with Crippen LogP contribution in [0.5, 0.6) is 0 Å². The number of para-hydroxylation sites is 1. The van der Waals surface area contributed by atoms with E-state index in [1.165, 1.54) is 4.88 Å². The highest BCUT2D eigenvalue weighted by atomic mass is 32.1. The van der Waals surface area contributed by atoms with Gasteiger partial charge in [-0.25, -0.2) is 4.98 Å². The van der Waals surface area contributed by atoms with Gasteiger partial charge < -0.3 is 10.2 Å². The Morgan fingerprint density at radius 3 is 2.88 bits per heavy atom. The predicted molar refractivity (Wildman–Crippen MR) is 128 cm³/mol. The monoisotopic (exact) mass is 465 g/mol. The number of aryl methyl sites for hydroxylation is 1. The molecule has 3 saturated heterocycles. The molecule has 7 nitrogen and oxygen atoms in total. The van der Waals surface area contributed by atoms with Gasteiger partial charge in [-0.1, -0.05) is 18.2 Å². The molecule has 1 N–H and O–H groups in total. The summed E-state index contributed by atoms with van der Waals surface area (Å²) in [5.41, 5.74) is 4.15. The summed E-state index contributed by atoms with van der Waals surface area (Å²) in [7, 11) is 0. The molecule has 4 aliphatic heterocycles. The average molecular weight is 466 g/mol.